The molecule has 4 heteroatoms. The van der Waals surface area contributed by atoms with Gasteiger partial charge in [0.05, 0.1) is 0 Å². The molecule has 86 valence electrons. The highest BCUT2D eigenvalue weighted by molar-refractivity contribution is 6.30. The van der Waals surface area contributed by atoms with Crippen molar-refractivity contribution >= 4 is 17.6 Å². The van der Waals surface area contributed by atoms with Crippen molar-refractivity contribution in [1.29, 1.82) is 0 Å². The average molecular weight is 239 g/mol. The maximum atomic E-state index is 11.7. The molecular formula is C12H15ClN2O. The fourth-order valence-electron chi connectivity index (χ4n) is 1.49. The van der Waals surface area contributed by atoms with Crippen molar-refractivity contribution in [3.8, 4) is 0 Å². The number of urea groups is 1. The Balaban J connectivity index is 1.90. The van der Waals surface area contributed by atoms with Gasteiger partial charge < -0.3 is 10.2 Å². The Labute approximate surface area is 100 Å². The monoisotopic (exact) mass is 238 g/mol. The van der Waals surface area contributed by atoms with Crippen molar-refractivity contribution in [3.63, 3.8) is 0 Å². The smallest absolute Gasteiger partial charge is 0.317 e. The van der Waals surface area contributed by atoms with Crippen LogP contribution in [0, 0.1) is 0 Å². The Bertz CT molecular complexity index is 390. The first kappa shape index (κ1) is 11.3. The van der Waals surface area contributed by atoms with Gasteiger partial charge in [0, 0.05) is 24.7 Å². The summed E-state index contributed by atoms with van der Waals surface area (Å²) in [7, 11) is 1.79. The van der Waals surface area contributed by atoms with E-state index in [0.717, 1.165) is 18.4 Å². The minimum Gasteiger partial charge on any atom is -0.335 e. The third kappa shape index (κ3) is 3.14. The SMILES string of the molecule is CN(Cc1cccc(Cl)c1)C(=O)NC1CC1. The zero-order chi connectivity index (χ0) is 11.5. The van der Waals surface area contributed by atoms with E-state index in [2.05, 4.69) is 5.32 Å². The molecule has 0 heterocycles. The van der Waals surface area contributed by atoms with Gasteiger partial charge in [-0.2, -0.15) is 0 Å². The van der Waals surface area contributed by atoms with Crippen molar-refractivity contribution in [2.75, 3.05) is 7.05 Å². The second-order valence-corrected chi connectivity index (χ2v) is 4.65. The second-order valence-electron chi connectivity index (χ2n) is 4.21. The molecule has 1 aliphatic rings. The van der Waals surface area contributed by atoms with E-state index >= 15 is 0 Å². The Hall–Kier alpha value is -1.22. The maximum absolute atomic E-state index is 11.7. The third-order valence-electron chi connectivity index (χ3n) is 2.56. The maximum Gasteiger partial charge on any atom is 0.317 e. The molecule has 0 bridgehead atoms. The van der Waals surface area contributed by atoms with Gasteiger partial charge in [-0.3, -0.25) is 0 Å². The lowest BCUT2D eigenvalue weighted by Crippen LogP contribution is -2.37. The van der Waals surface area contributed by atoms with Crippen molar-refractivity contribution in [3.05, 3.63) is 34.9 Å². The summed E-state index contributed by atoms with van der Waals surface area (Å²) >= 11 is 5.88. The van der Waals surface area contributed by atoms with E-state index < -0.39 is 0 Å². The van der Waals surface area contributed by atoms with Gasteiger partial charge in [0.25, 0.3) is 0 Å². The van der Waals surface area contributed by atoms with Crippen LogP contribution in [0.4, 0.5) is 4.79 Å². The minimum atomic E-state index is -0.0116. The number of hydrogen-bond donors (Lipinski definition) is 1. The van der Waals surface area contributed by atoms with Gasteiger partial charge in [-0.25, -0.2) is 4.79 Å². The highest BCUT2D eigenvalue weighted by atomic mass is 35.5. The summed E-state index contributed by atoms with van der Waals surface area (Å²) in [6, 6.07) is 7.95. The molecule has 2 amide bonds. The standard InChI is InChI=1S/C12H15ClN2O/c1-15(12(16)14-11-5-6-11)8-9-3-2-4-10(13)7-9/h2-4,7,11H,5-6,8H2,1H3,(H,14,16). The van der Waals surface area contributed by atoms with E-state index in [-0.39, 0.29) is 6.03 Å². The van der Waals surface area contributed by atoms with Crippen LogP contribution >= 0.6 is 11.6 Å². The molecule has 2 rings (SSSR count). The molecule has 1 aromatic rings. The highest BCUT2D eigenvalue weighted by Gasteiger charge is 2.24. The molecule has 0 radical (unpaired) electrons. The van der Waals surface area contributed by atoms with E-state index in [1.165, 1.54) is 0 Å². The number of benzene rings is 1. The lowest BCUT2D eigenvalue weighted by Gasteiger charge is -2.17. The van der Waals surface area contributed by atoms with Crippen LogP contribution in [0.3, 0.4) is 0 Å². The zero-order valence-corrected chi connectivity index (χ0v) is 10.00. The number of nitrogens with one attached hydrogen (secondary N) is 1. The first-order valence-corrected chi connectivity index (χ1v) is 5.79. The second kappa shape index (κ2) is 4.74. The van der Waals surface area contributed by atoms with E-state index in [1.807, 2.05) is 24.3 Å². The van der Waals surface area contributed by atoms with Crippen molar-refractivity contribution < 1.29 is 4.79 Å². The summed E-state index contributed by atoms with van der Waals surface area (Å²) in [4.78, 5) is 13.3. The summed E-state index contributed by atoms with van der Waals surface area (Å²) in [5.74, 6) is 0. The normalized spacial score (nSPS) is 14.6. The number of carbonyl (C=O) groups excluding carboxylic acids is 1. The quantitative estimate of drug-likeness (QED) is 0.863. The van der Waals surface area contributed by atoms with Crippen LogP contribution in [-0.4, -0.2) is 24.0 Å². The zero-order valence-electron chi connectivity index (χ0n) is 9.24. The van der Waals surface area contributed by atoms with Crippen LogP contribution in [0.15, 0.2) is 24.3 Å². The van der Waals surface area contributed by atoms with Crippen molar-refractivity contribution in [2.45, 2.75) is 25.4 Å². The van der Waals surface area contributed by atoms with Gasteiger partial charge in [0.2, 0.25) is 0 Å². The predicted octanol–water partition coefficient (Wildman–Crippen LogP) is 2.64. The van der Waals surface area contributed by atoms with E-state index in [1.54, 1.807) is 11.9 Å². The largest absolute Gasteiger partial charge is 0.335 e. The summed E-state index contributed by atoms with van der Waals surface area (Å²) < 4.78 is 0. The summed E-state index contributed by atoms with van der Waals surface area (Å²) in [5, 5.41) is 3.64. The highest BCUT2D eigenvalue weighted by Crippen LogP contribution is 2.19. The molecule has 0 spiro atoms. The molecule has 1 N–H and O–H groups in total. The lowest BCUT2D eigenvalue weighted by atomic mass is 10.2. The molecule has 1 aromatic carbocycles. The number of carbonyl (C=O) groups is 1. The van der Waals surface area contributed by atoms with Gasteiger partial charge in [0.1, 0.15) is 0 Å². The van der Waals surface area contributed by atoms with Crippen LogP contribution in [0.2, 0.25) is 5.02 Å². The van der Waals surface area contributed by atoms with Gasteiger partial charge in [-0.05, 0) is 30.5 Å². The van der Waals surface area contributed by atoms with Gasteiger partial charge in [0.15, 0.2) is 0 Å². The molecule has 1 fully saturated rings. The number of nitrogens with zero attached hydrogens (tertiary/aromatic N) is 1. The Morgan fingerprint density at radius 2 is 2.31 bits per heavy atom. The Kier molecular flexibility index (Phi) is 3.34. The van der Waals surface area contributed by atoms with Gasteiger partial charge in [-0.1, -0.05) is 23.7 Å². The summed E-state index contributed by atoms with van der Waals surface area (Å²) in [6.07, 6.45) is 2.22. The van der Waals surface area contributed by atoms with Gasteiger partial charge >= 0.3 is 6.03 Å². The lowest BCUT2D eigenvalue weighted by molar-refractivity contribution is 0.206. The van der Waals surface area contributed by atoms with Crippen LogP contribution in [0.25, 0.3) is 0 Å². The number of halogens is 1. The Morgan fingerprint density at radius 1 is 1.56 bits per heavy atom. The summed E-state index contributed by atoms with van der Waals surface area (Å²) in [6.45, 7) is 0.582. The fourth-order valence-corrected chi connectivity index (χ4v) is 1.71. The average Bonchev–Trinajstić information content (AvgIpc) is 3.01. The Morgan fingerprint density at radius 3 is 2.94 bits per heavy atom. The number of hydrogen-bond acceptors (Lipinski definition) is 1. The number of rotatable bonds is 3. The molecule has 0 saturated heterocycles. The molecule has 1 saturated carbocycles. The van der Waals surface area contributed by atoms with Gasteiger partial charge in [-0.15, -0.1) is 0 Å². The molecule has 3 nitrogen and oxygen atoms in total. The minimum absolute atomic E-state index is 0.0116. The fraction of sp³-hybridized carbons (Fsp3) is 0.417. The van der Waals surface area contributed by atoms with Crippen molar-refractivity contribution in [2.24, 2.45) is 0 Å². The molecule has 0 atom stereocenters. The summed E-state index contributed by atoms with van der Waals surface area (Å²) in [5.41, 5.74) is 1.04. The topological polar surface area (TPSA) is 32.3 Å². The van der Waals surface area contributed by atoms with Crippen molar-refractivity contribution in [1.82, 2.24) is 10.2 Å². The molecule has 16 heavy (non-hydrogen) atoms. The molecule has 1 aliphatic carbocycles. The predicted molar refractivity (Wildman–Crippen MR) is 64.5 cm³/mol. The molecule has 0 aliphatic heterocycles. The van der Waals surface area contributed by atoms with Crippen LogP contribution in [0.1, 0.15) is 18.4 Å². The van der Waals surface area contributed by atoms with E-state index in [0.29, 0.717) is 17.6 Å². The first-order chi connectivity index (χ1) is 7.65. The van der Waals surface area contributed by atoms with E-state index in [4.69, 9.17) is 11.6 Å². The number of amides is 2. The molecule has 0 aromatic heterocycles. The molecular weight excluding hydrogens is 224 g/mol. The van der Waals surface area contributed by atoms with Crippen LogP contribution in [0.5, 0.6) is 0 Å². The third-order valence-corrected chi connectivity index (χ3v) is 2.80. The van der Waals surface area contributed by atoms with Crippen LogP contribution in [-0.2, 0) is 6.54 Å². The molecule has 0 unspecified atom stereocenters. The van der Waals surface area contributed by atoms with Crippen LogP contribution < -0.4 is 5.32 Å². The first-order valence-electron chi connectivity index (χ1n) is 5.41. The van der Waals surface area contributed by atoms with E-state index in [9.17, 15) is 4.79 Å².